The van der Waals surface area contributed by atoms with E-state index in [1.165, 1.54) is 23.9 Å². The Morgan fingerprint density at radius 3 is 1.93 bits per heavy atom. The molecule has 14 heteroatoms. The molecule has 1 aromatic heterocycles. The second kappa shape index (κ2) is 18.8. The number of rotatable bonds is 18. The SMILES string of the molecule is COc1ccc(C(OC[C@H]2O[C@@H](n3ccc(=O)[nH]c3=O)C(OC)[C@H]2OP(OCCC#N)N(C(C)C)C(C)C)(c2ccccc2)c2ccc(OC)cc2)cc1. The van der Waals surface area contributed by atoms with Crippen molar-refractivity contribution in [3.05, 3.63) is 129 Å². The maximum atomic E-state index is 13.2. The molecule has 1 N–H and O–H groups in total. The van der Waals surface area contributed by atoms with Crippen LogP contribution in [0.4, 0.5) is 0 Å². The van der Waals surface area contributed by atoms with E-state index in [2.05, 4.69) is 15.7 Å². The molecule has 288 valence electrons. The number of nitrogens with one attached hydrogen (secondary N) is 1. The first-order valence-electron chi connectivity index (χ1n) is 17.8. The van der Waals surface area contributed by atoms with Gasteiger partial charge in [0.1, 0.15) is 35.4 Å². The molecule has 0 amide bonds. The lowest BCUT2D eigenvalue weighted by molar-refractivity contribution is -0.0957. The normalized spacial score (nSPS) is 19.3. The summed E-state index contributed by atoms with van der Waals surface area (Å²) in [7, 11) is 2.98. The molecule has 1 fully saturated rings. The summed E-state index contributed by atoms with van der Waals surface area (Å²) in [4.78, 5) is 27.6. The van der Waals surface area contributed by atoms with Gasteiger partial charge in [-0.05, 0) is 68.7 Å². The standard InChI is InChI=1S/C40H49N4O9P/c1-27(2)44(28(3)4)54(51-25-11-23-41)53-36-34(52-38(37(36)49-7)43-24-22-35(45)42-39(43)46)26-50-40(29-12-9-8-10-13-29,30-14-18-32(47-5)19-15-30)31-16-20-33(48-6)21-17-31/h8-10,12-22,24,27-28,34,36-38H,11,25-26H2,1-7H3,(H,42,45,46)/t34-,36+,37?,38-,54?/m1/s1. The third kappa shape index (κ3) is 8.94. The van der Waals surface area contributed by atoms with Crippen LogP contribution in [0.5, 0.6) is 11.5 Å². The fourth-order valence-electron chi connectivity index (χ4n) is 6.75. The zero-order chi connectivity index (χ0) is 38.8. The molecular weight excluding hydrogens is 711 g/mol. The molecular formula is C40H49N4O9P. The van der Waals surface area contributed by atoms with Crippen LogP contribution < -0.4 is 20.7 Å². The van der Waals surface area contributed by atoms with Crippen LogP contribution in [0.25, 0.3) is 0 Å². The first-order valence-corrected chi connectivity index (χ1v) is 18.9. The van der Waals surface area contributed by atoms with Crippen LogP contribution in [-0.4, -0.2) is 79.2 Å². The van der Waals surface area contributed by atoms with Gasteiger partial charge < -0.3 is 32.7 Å². The third-order valence-corrected chi connectivity index (χ3v) is 11.3. The number of ether oxygens (including phenoxy) is 5. The molecule has 0 saturated carbocycles. The van der Waals surface area contributed by atoms with Gasteiger partial charge in [0.2, 0.25) is 0 Å². The predicted octanol–water partition coefficient (Wildman–Crippen LogP) is 6.14. The lowest BCUT2D eigenvalue weighted by atomic mass is 9.80. The highest BCUT2D eigenvalue weighted by Crippen LogP contribution is 2.51. The summed E-state index contributed by atoms with van der Waals surface area (Å²) < 4.78 is 47.6. The van der Waals surface area contributed by atoms with Gasteiger partial charge >= 0.3 is 5.69 Å². The average molecular weight is 761 g/mol. The second-order valence-electron chi connectivity index (χ2n) is 13.2. The molecule has 3 aromatic carbocycles. The summed E-state index contributed by atoms with van der Waals surface area (Å²) in [6.07, 6.45) is -1.97. The summed E-state index contributed by atoms with van der Waals surface area (Å²) in [5, 5.41) is 9.33. The van der Waals surface area contributed by atoms with Crippen molar-refractivity contribution in [3.63, 3.8) is 0 Å². The minimum Gasteiger partial charge on any atom is -0.497 e. The highest BCUT2D eigenvalue weighted by Gasteiger charge is 2.51. The van der Waals surface area contributed by atoms with Crippen LogP contribution in [0.3, 0.4) is 0 Å². The molecule has 13 nitrogen and oxygen atoms in total. The van der Waals surface area contributed by atoms with Gasteiger partial charge in [0.15, 0.2) is 6.23 Å². The van der Waals surface area contributed by atoms with E-state index in [1.54, 1.807) is 14.2 Å². The van der Waals surface area contributed by atoms with Gasteiger partial charge in [-0.25, -0.2) is 9.46 Å². The highest BCUT2D eigenvalue weighted by atomic mass is 31.2. The zero-order valence-electron chi connectivity index (χ0n) is 31.7. The number of hydrogen-bond acceptors (Lipinski definition) is 11. The summed E-state index contributed by atoms with van der Waals surface area (Å²) in [6.45, 7) is 8.30. The largest absolute Gasteiger partial charge is 0.497 e. The van der Waals surface area contributed by atoms with Gasteiger partial charge in [-0.1, -0.05) is 54.6 Å². The minimum absolute atomic E-state index is 0.0182. The van der Waals surface area contributed by atoms with Crippen LogP contribution in [0, 0.1) is 11.3 Å². The summed E-state index contributed by atoms with van der Waals surface area (Å²) in [5.41, 5.74) is 0.101. The van der Waals surface area contributed by atoms with Crippen molar-refractivity contribution in [2.45, 2.75) is 76.3 Å². The number of hydrogen-bond donors (Lipinski definition) is 1. The van der Waals surface area contributed by atoms with Crippen molar-refractivity contribution in [3.8, 4) is 17.6 Å². The van der Waals surface area contributed by atoms with E-state index in [0.29, 0.717) is 11.5 Å². The van der Waals surface area contributed by atoms with Crippen molar-refractivity contribution in [2.24, 2.45) is 0 Å². The Labute approximate surface area is 317 Å². The average Bonchev–Trinajstić information content (AvgIpc) is 3.51. The molecule has 54 heavy (non-hydrogen) atoms. The maximum absolute atomic E-state index is 13.2. The van der Waals surface area contributed by atoms with E-state index in [0.717, 1.165) is 16.7 Å². The Balaban J connectivity index is 1.64. The van der Waals surface area contributed by atoms with Crippen molar-refractivity contribution in [1.29, 1.82) is 5.26 Å². The van der Waals surface area contributed by atoms with Crippen LogP contribution in [0.15, 0.2) is 101 Å². The van der Waals surface area contributed by atoms with E-state index in [-0.39, 0.29) is 31.7 Å². The lowest BCUT2D eigenvalue weighted by Gasteiger charge is -2.39. The van der Waals surface area contributed by atoms with Gasteiger partial charge in [0.05, 0.1) is 39.9 Å². The van der Waals surface area contributed by atoms with Gasteiger partial charge in [0.25, 0.3) is 14.1 Å². The fraction of sp³-hybridized carbons (Fsp3) is 0.425. The minimum atomic E-state index is -1.77. The summed E-state index contributed by atoms with van der Waals surface area (Å²) in [6, 6.07) is 28.7. The molecule has 2 unspecified atom stereocenters. The van der Waals surface area contributed by atoms with E-state index >= 15 is 0 Å². The van der Waals surface area contributed by atoms with Crippen LogP contribution in [0.1, 0.15) is 57.0 Å². The predicted molar refractivity (Wildman–Crippen MR) is 204 cm³/mol. The maximum Gasteiger partial charge on any atom is 0.330 e. The van der Waals surface area contributed by atoms with E-state index < -0.39 is 49.9 Å². The molecule has 0 bridgehead atoms. The van der Waals surface area contributed by atoms with Crippen LogP contribution in [0.2, 0.25) is 0 Å². The van der Waals surface area contributed by atoms with E-state index in [4.69, 9.17) is 32.7 Å². The first-order chi connectivity index (χ1) is 26.1. The van der Waals surface area contributed by atoms with Crippen molar-refractivity contribution in [1.82, 2.24) is 14.2 Å². The van der Waals surface area contributed by atoms with Gasteiger partial charge in [-0.3, -0.25) is 14.3 Å². The smallest absolute Gasteiger partial charge is 0.330 e. The zero-order valence-corrected chi connectivity index (χ0v) is 32.6. The number of benzene rings is 3. The van der Waals surface area contributed by atoms with Crippen molar-refractivity contribution in [2.75, 3.05) is 34.5 Å². The Morgan fingerprint density at radius 2 is 1.43 bits per heavy atom. The van der Waals surface area contributed by atoms with Gasteiger partial charge in [0, 0.05) is 31.5 Å². The van der Waals surface area contributed by atoms with Crippen molar-refractivity contribution < 1.29 is 32.7 Å². The molecule has 1 saturated heterocycles. The molecule has 0 spiro atoms. The quantitative estimate of drug-likeness (QED) is 0.0710. The molecule has 0 radical (unpaired) electrons. The molecule has 1 aliphatic heterocycles. The first kappa shape index (κ1) is 40.8. The Kier molecular flexibility index (Phi) is 14.2. The van der Waals surface area contributed by atoms with Crippen molar-refractivity contribution >= 4 is 8.53 Å². The monoisotopic (exact) mass is 760 g/mol. The van der Waals surface area contributed by atoms with E-state index in [9.17, 15) is 14.9 Å². The molecule has 5 rings (SSSR count). The number of nitrogens with zero attached hydrogens (tertiary/aromatic N) is 3. The molecule has 1 aliphatic rings. The number of nitriles is 1. The van der Waals surface area contributed by atoms with Gasteiger partial charge in [-0.2, -0.15) is 5.26 Å². The Morgan fingerprint density at radius 1 is 0.852 bits per heavy atom. The van der Waals surface area contributed by atoms with E-state index in [1.807, 2.05) is 107 Å². The Bertz CT molecular complexity index is 1870. The van der Waals surface area contributed by atoms with Crippen LogP contribution >= 0.6 is 8.53 Å². The Hall–Kier alpha value is -4.38. The molecule has 4 aromatic rings. The molecule has 0 aliphatic carbocycles. The highest BCUT2D eigenvalue weighted by molar-refractivity contribution is 7.44. The summed E-state index contributed by atoms with van der Waals surface area (Å²) >= 11 is 0. The third-order valence-electron chi connectivity index (χ3n) is 9.19. The molecule has 5 atom stereocenters. The summed E-state index contributed by atoms with van der Waals surface area (Å²) in [5.74, 6) is 1.37. The number of H-pyrrole nitrogens is 1. The van der Waals surface area contributed by atoms with Crippen LogP contribution in [-0.2, 0) is 28.9 Å². The molecule has 2 heterocycles. The second-order valence-corrected chi connectivity index (χ2v) is 14.6. The topological polar surface area (TPSA) is 147 Å². The lowest BCUT2D eigenvalue weighted by Crippen LogP contribution is -2.43. The number of aromatic nitrogens is 2. The number of methoxy groups -OCH3 is 3. The number of aromatic amines is 1. The van der Waals surface area contributed by atoms with Gasteiger partial charge in [-0.15, -0.1) is 0 Å². The fourth-order valence-corrected chi connectivity index (χ4v) is 8.52.